The third-order valence-corrected chi connectivity index (χ3v) is 6.18. The molecular formula is C20H17N2O4S-. The number of carboxylic acids is 1. The van der Waals surface area contributed by atoms with Gasteiger partial charge in [0.2, 0.25) is 5.91 Å². The Morgan fingerprint density at radius 3 is 2.59 bits per heavy atom. The highest BCUT2D eigenvalue weighted by Crippen LogP contribution is 2.48. The van der Waals surface area contributed by atoms with Crippen LogP contribution in [-0.4, -0.2) is 40.5 Å². The van der Waals surface area contributed by atoms with Crippen molar-refractivity contribution in [2.45, 2.75) is 23.9 Å². The monoisotopic (exact) mass is 381 g/mol. The van der Waals surface area contributed by atoms with Crippen molar-refractivity contribution in [2.75, 3.05) is 5.75 Å². The number of benzene rings is 2. The fraction of sp³-hybridized carbons (Fsp3) is 0.250. The Morgan fingerprint density at radius 2 is 1.85 bits per heavy atom. The first-order valence-electron chi connectivity index (χ1n) is 8.64. The summed E-state index contributed by atoms with van der Waals surface area (Å²) in [7, 11) is 0. The zero-order valence-corrected chi connectivity index (χ0v) is 15.1. The van der Waals surface area contributed by atoms with Gasteiger partial charge >= 0.3 is 0 Å². The Balaban J connectivity index is 1.50. The predicted molar refractivity (Wildman–Crippen MR) is 98.7 cm³/mol. The van der Waals surface area contributed by atoms with Gasteiger partial charge in [0, 0.05) is 11.3 Å². The summed E-state index contributed by atoms with van der Waals surface area (Å²) in [6, 6.07) is 14.5. The number of hydrogen-bond acceptors (Lipinski definition) is 5. The van der Waals surface area contributed by atoms with Crippen molar-refractivity contribution in [3.05, 3.63) is 71.3 Å². The van der Waals surface area contributed by atoms with Gasteiger partial charge in [0.15, 0.2) is 0 Å². The van der Waals surface area contributed by atoms with E-state index >= 15 is 0 Å². The van der Waals surface area contributed by atoms with Crippen LogP contribution in [0.15, 0.2) is 54.6 Å². The molecule has 6 nitrogen and oxygen atoms in total. The molecule has 0 saturated carbocycles. The smallest absolute Gasteiger partial charge is 0.256 e. The van der Waals surface area contributed by atoms with Gasteiger partial charge in [-0.25, -0.2) is 0 Å². The minimum Gasteiger partial charge on any atom is -0.548 e. The molecule has 2 heterocycles. The molecule has 2 aliphatic heterocycles. The summed E-state index contributed by atoms with van der Waals surface area (Å²) < 4.78 is 0. The Morgan fingerprint density at radius 1 is 1.15 bits per heavy atom. The average Bonchev–Trinajstić information content (AvgIpc) is 3.23. The zero-order valence-electron chi connectivity index (χ0n) is 14.3. The van der Waals surface area contributed by atoms with Crippen molar-refractivity contribution in [2.24, 2.45) is 0 Å². The van der Waals surface area contributed by atoms with Crippen molar-refractivity contribution in [3.63, 3.8) is 0 Å². The summed E-state index contributed by atoms with van der Waals surface area (Å²) in [5.41, 5.74) is 2.30. The maximum absolute atomic E-state index is 12.8. The summed E-state index contributed by atoms with van der Waals surface area (Å²) >= 11 is 1.52. The highest BCUT2D eigenvalue weighted by molar-refractivity contribution is 7.99. The van der Waals surface area contributed by atoms with Crippen molar-refractivity contribution in [3.8, 4) is 0 Å². The van der Waals surface area contributed by atoms with Crippen LogP contribution in [0.1, 0.15) is 26.9 Å². The number of hydrogen-bond donors (Lipinski definition) is 1. The molecule has 0 aliphatic carbocycles. The number of amides is 2. The molecule has 1 N–H and O–H groups in total. The standard InChI is InChI=1S/C20H18N2O4S/c23-17(21-15(20(25)26)10-12-6-2-1-3-7-12)16-11-27-19-14-9-5-4-8-13(14)18(24)22(16)19/h1-9,15-16,19H,10-11H2,(H,21,23)(H,25,26)/p-1/t15-,16-,19+/m0/s1. The van der Waals surface area contributed by atoms with Gasteiger partial charge in [-0.05, 0) is 23.6 Å². The van der Waals surface area contributed by atoms with Crippen LogP contribution >= 0.6 is 11.8 Å². The largest absolute Gasteiger partial charge is 0.548 e. The predicted octanol–water partition coefficient (Wildman–Crippen LogP) is 0.734. The molecule has 0 aromatic heterocycles. The molecule has 1 fully saturated rings. The van der Waals surface area contributed by atoms with E-state index in [9.17, 15) is 19.5 Å². The lowest BCUT2D eigenvalue weighted by Gasteiger charge is -2.26. The number of nitrogens with zero attached hydrogens (tertiary/aromatic N) is 1. The topological polar surface area (TPSA) is 89.5 Å². The molecule has 0 spiro atoms. The number of rotatable bonds is 5. The molecule has 0 unspecified atom stereocenters. The van der Waals surface area contributed by atoms with E-state index in [1.807, 2.05) is 30.3 Å². The number of carbonyl (C=O) groups excluding carboxylic acids is 3. The molecule has 0 bridgehead atoms. The van der Waals surface area contributed by atoms with Crippen molar-refractivity contribution in [1.29, 1.82) is 0 Å². The lowest BCUT2D eigenvalue weighted by atomic mass is 10.1. The normalized spacial score (nSPS) is 21.5. The van der Waals surface area contributed by atoms with Crippen LogP contribution in [0.2, 0.25) is 0 Å². The third-order valence-electron chi connectivity index (χ3n) is 4.88. The molecule has 0 radical (unpaired) electrons. The van der Waals surface area contributed by atoms with Crippen molar-refractivity contribution in [1.82, 2.24) is 10.2 Å². The lowest BCUT2D eigenvalue weighted by Crippen LogP contribution is -2.54. The minimum absolute atomic E-state index is 0.131. The quantitative estimate of drug-likeness (QED) is 0.825. The second-order valence-corrected chi connectivity index (χ2v) is 7.68. The Kier molecular flexibility index (Phi) is 4.61. The molecule has 138 valence electrons. The van der Waals surface area contributed by atoms with Crippen LogP contribution in [0, 0.1) is 0 Å². The van der Waals surface area contributed by atoms with Gasteiger partial charge < -0.3 is 20.1 Å². The maximum Gasteiger partial charge on any atom is 0.256 e. The van der Waals surface area contributed by atoms with Gasteiger partial charge in [0.05, 0.1) is 12.0 Å². The lowest BCUT2D eigenvalue weighted by molar-refractivity contribution is -0.308. The SMILES string of the molecule is O=C([O-])[C@H](Cc1ccccc1)NC(=O)[C@@H]1CS[C@@H]2c3ccccc3C(=O)N21. The Bertz CT molecular complexity index is 902. The minimum atomic E-state index is -1.34. The highest BCUT2D eigenvalue weighted by atomic mass is 32.2. The summed E-state index contributed by atoms with van der Waals surface area (Å²) in [5, 5.41) is 13.9. The van der Waals surface area contributed by atoms with E-state index in [0.29, 0.717) is 11.3 Å². The second kappa shape index (κ2) is 7.08. The average molecular weight is 381 g/mol. The number of nitrogens with one attached hydrogen (secondary N) is 1. The first-order chi connectivity index (χ1) is 13.1. The van der Waals surface area contributed by atoms with E-state index in [2.05, 4.69) is 5.32 Å². The molecule has 3 atom stereocenters. The van der Waals surface area contributed by atoms with Crippen molar-refractivity contribution >= 4 is 29.5 Å². The molecule has 1 saturated heterocycles. The van der Waals surface area contributed by atoms with Gasteiger partial charge in [-0.15, -0.1) is 11.8 Å². The zero-order chi connectivity index (χ0) is 19.0. The Hall–Kier alpha value is -2.80. The van der Waals surface area contributed by atoms with Crippen LogP contribution in [0.25, 0.3) is 0 Å². The van der Waals surface area contributed by atoms with E-state index < -0.39 is 24.0 Å². The number of carboxylic acid groups (broad SMARTS) is 1. The van der Waals surface area contributed by atoms with Gasteiger partial charge in [-0.2, -0.15) is 0 Å². The third kappa shape index (κ3) is 3.19. The second-order valence-electron chi connectivity index (χ2n) is 6.57. The summed E-state index contributed by atoms with van der Waals surface area (Å²) in [5.74, 6) is -1.56. The van der Waals surface area contributed by atoms with E-state index in [1.165, 1.54) is 11.8 Å². The van der Waals surface area contributed by atoms with E-state index in [1.54, 1.807) is 29.2 Å². The van der Waals surface area contributed by atoms with E-state index in [0.717, 1.165) is 11.1 Å². The first-order valence-corrected chi connectivity index (χ1v) is 9.69. The maximum atomic E-state index is 12.8. The van der Waals surface area contributed by atoms with Crippen LogP contribution in [-0.2, 0) is 16.0 Å². The molecule has 2 aromatic rings. The van der Waals surface area contributed by atoms with Gasteiger partial charge in [0.1, 0.15) is 11.4 Å². The highest BCUT2D eigenvalue weighted by Gasteiger charge is 2.48. The molecule has 2 aliphatic rings. The van der Waals surface area contributed by atoms with E-state index in [4.69, 9.17) is 0 Å². The first kappa shape index (κ1) is 17.6. The number of thioether (sulfide) groups is 1. The van der Waals surface area contributed by atoms with Crippen LogP contribution in [0.4, 0.5) is 0 Å². The fourth-order valence-electron chi connectivity index (χ4n) is 3.55. The summed E-state index contributed by atoms with van der Waals surface area (Å²) in [6.07, 6.45) is 0.131. The molecule has 7 heteroatoms. The fourth-order valence-corrected chi connectivity index (χ4v) is 5.02. The molecule has 2 aromatic carbocycles. The molecule has 4 rings (SSSR count). The van der Waals surface area contributed by atoms with Crippen LogP contribution < -0.4 is 10.4 Å². The summed E-state index contributed by atoms with van der Waals surface area (Å²) in [6.45, 7) is 0. The number of fused-ring (bicyclic) bond motifs is 3. The Labute approximate surface area is 160 Å². The molecular weight excluding hydrogens is 364 g/mol. The van der Waals surface area contributed by atoms with Crippen LogP contribution in [0.5, 0.6) is 0 Å². The number of carbonyl (C=O) groups is 3. The van der Waals surface area contributed by atoms with Crippen LogP contribution in [0.3, 0.4) is 0 Å². The molecule has 2 amide bonds. The summed E-state index contributed by atoms with van der Waals surface area (Å²) in [4.78, 5) is 38.6. The molecule has 27 heavy (non-hydrogen) atoms. The van der Waals surface area contributed by atoms with E-state index in [-0.39, 0.29) is 17.7 Å². The van der Waals surface area contributed by atoms with Gasteiger partial charge in [-0.3, -0.25) is 9.59 Å². The van der Waals surface area contributed by atoms with Gasteiger partial charge in [-0.1, -0.05) is 48.5 Å². The number of aliphatic carboxylic acids is 1. The van der Waals surface area contributed by atoms with Gasteiger partial charge in [0.25, 0.3) is 5.91 Å². The van der Waals surface area contributed by atoms with Crippen molar-refractivity contribution < 1.29 is 19.5 Å².